The van der Waals surface area contributed by atoms with Crippen molar-refractivity contribution in [3.05, 3.63) is 194 Å². The van der Waals surface area contributed by atoms with Gasteiger partial charge in [-0.05, 0) is 167 Å². The third-order valence-corrected chi connectivity index (χ3v) is 18.4. The minimum Gasteiger partial charge on any atom is -0.462 e. The number of aliphatic hydroxyl groups excluding tert-OH is 1. The number of hydrogen-bond donors (Lipinski definition) is 3. The first-order chi connectivity index (χ1) is 53.7. The molecule has 0 bridgehead atoms. The second-order valence-corrected chi connectivity index (χ2v) is 29.8. The van der Waals surface area contributed by atoms with Gasteiger partial charge in [0, 0.05) is 25.7 Å². The highest BCUT2D eigenvalue weighted by molar-refractivity contribution is 7.47. The van der Waals surface area contributed by atoms with Gasteiger partial charge in [0.25, 0.3) is 0 Å². The summed E-state index contributed by atoms with van der Waals surface area (Å²) in [5, 5.41) is 10.7. The molecule has 0 fully saturated rings. The smallest absolute Gasteiger partial charge is 0.462 e. The molecule has 0 saturated carbocycles. The van der Waals surface area contributed by atoms with E-state index in [0.717, 1.165) is 167 Å². The van der Waals surface area contributed by atoms with Gasteiger partial charge < -0.3 is 33.8 Å². The molecule has 19 heteroatoms. The molecule has 622 valence electrons. The van der Waals surface area contributed by atoms with Gasteiger partial charge in [0.1, 0.15) is 19.3 Å². The first-order valence-corrected chi connectivity index (χ1v) is 44.7. The van der Waals surface area contributed by atoms with Gasteiger partial charge in [-0.1, -0.05) is 299 Å². The molecule has 0 spiro atoms. The van der Waals surface area contributed by atoms with Crippen molar-refractivity contribution in [1.82, 2.24) is 0 Å². The molecule has 0 rings (SSSR count). The van der Waals surface area contributed by atoms with Gasteiger partial charge in [0.2, 0.25) is 0 Å². The second-order valence-electron chi connectivity index (χ2n) is 26.9. The molecule has 110 heavy (non-hydrogen) atoms. The number of phosphoric acid groups is 2. The maximum atomic E-state index is 13.1. The molecule has 0 heterocycles. The molecular weight excluding hydrogens is 1430 g/mol. The van der Waals surface area contributed by atoms with Crippen LogP contribution >= 0.6 is 15.6 Å². The van der Waals surface area contributed by atoms with Gasteiger partial charge in [-0.25, -0.2) is 9.13 Å². The summed E-state index contributed by atoms with van der Waals surface area (Å²) >= 11 is 0. The van der Waals surface area contributed by atoms with Gasteiger partial charge in [0.05, 0.1) is 26.4 Å². The molecule has 3 N–H and O–H groups in total. The lowest BCUT2D eigenvalue weighted by molar-refractivity contribution is -0.161. The lowest BCUT2D eigenvalue weighted by Gasteiger charge is -2.21. The Kier molecular flexibility index (Phi) is 76.4. The van der Waals surface area contributed by atoms with Gasteiger partial charge in [0.15, 0.2) is 12.2 Å². The summed E-state index contributed by atoms with van der Waals surface area (Å²) in [5.74, 6) is -2.38. The van der Waals surface area contributed by atoms with Crippen molar-refractivity contribution < 1.29 is 80.2 Å². The number of ether oxygens (including phenoxy) is 4. The standard InChI is InChI=1S/C91H146O17P2/c1-5-9-13-17-21-25-29-33-37-40-42-45-49-52-56-60-64-68-72-76-89(94)102-82-87(108-91(96)78-74-70-66-62-58-54-50-46-43-41-38-34-30-26-22-18-14-10-6-2)84-106-110(99,100)104-80-85(92)79-103-109(97,98)105-83-86(107-90(95)77-73-69-65-61-57-53-47-36-32-28-24-20-16-12-8-4)81-101-88(93)75-71-67-63-59-55-51-48-44-39-35-31-27-23-19-15-11-7-3/h9-11,13-15,21-23,25-27,33-39,42-43,45-48,51-52,56,59,63-64,68,85-87,92H,5-8,12,16-20,24,28-32,40-41,44,49-50,53-55,57-58,60-62,65-67,69-84H2,1-4H3,(H,97,98)(H,99,100)/b13-9-,14-10-,15-11-,25-21-,26-22-,27-23-,37-33-,38-34-,39-35-,45-42-,46-43-,47-36-,51-48-,56-52-,63-59-,68-64-. The summed E-state index contributed by atoms with van der Waals surface area (Å²) < 4.78 is 68.6. The van der Waals surface area contributed by atoms with Crippen molar-refractivity contribution >= 4 is 39.5 Å². The summed E-state index contributed by atoms with van der Waals surface area (Å²) in [6, 6.07) is 0. The van der Waals surface area contributed by atoms with Crippen LogP contribution in [0.1, 0.15) is 297 Å². The van der Waals surface area contributed by atoms with Gasteiger partial charge in [-0.3, -0.25) is 37.3 Å². The Morgan fingerprint density at radius 3 is 0.818 bits per heavy atom. The number of unbranched alkanes of at least 4 members (excludes halogenated alkanes) is 18. The van der Waals surface area contributed by atoms with E-state index in [1.807, 2.05) is 30.4 Å². The largest absolute Gasteiger partial charge is 0.472 e. The van der Waals surface area contributed by atoms with Crippen molar-refractivity contribution in [3.63, 3.8) is 0 Å². The average molecular weight is 1570 g/mol. The zero-order chi connectivity index (χ0) is 80.3. The summed E-state index contributed by atoms with van der Waals surface area (Å²) in [7, 11) is -10.0. The molecule has 5 unspecified atom stereocenters. The van der Waals surface area contributed by atoms with Crippen LogP contribution in [0.25, 0.3) is 0 Å². The highest BCUT2D eigenvalue weighted by Gasteiger charge is 2.30. The van der Waals surface area contributed by atoms with E-state index in [-0.39, 0.29) is 25.7 Å². The van der Waals surface area contributed by atoms with Crippen LogP contribution in [0.5, 0.6) is 0 Å². The quantitative estimate of drug-likeness (QED) is 0.0169. The normalized spacial score (nSPS) is 14.8. The summed E-state index contributed by atoms with van der Waals surface area (Å²) in [4.78, 5) is 73.2. The summed E-state index contributed by atoms with van der Waals surface area (Å²) in [6.45, 7) is 4.35. The fourth-order valence-corrected chi connectivity index (χ4v) is 11.9. The zero-order valence-electron chi connectivity index (χ0n) is 68.1. The molecule has 17 nitrogen and oxygen atoms in total. The minimum absolute atomic E-state index is 0.0240. The Labute approximate surface area is 666 Å². The van der Waals surface area contributed by atoms with Crippen LogP contribution in [0.15, 0.2) is 194 Å². The number of carbonyl (C=O) groups excluding carboxylic acids is 4. The molecule has 0 aliphatic heterocycles. The Bertz CT molecular complexity index is 2850. The van der Waals surface area contributed by atoms with Crippen LogP contribution < -0.4 is 0 Å². The fraction of sp³-hybridized carbons (Fsp3) is 0.604. The van der Waals surface area contributed by atoms with Gasteiger partial charge >= 0.3 is 39.5 Å². The minimum atomic E-state index is -5.02. The topological polar surface area (TPSA) is 237 Å². The van der Waals surface area contributed by atoms with Crippen molar-refractivity contribution in [2.24, 2.45) is 0 Å². The Balaban J connectivity index is 5.53. The Morgan fingerprint density at radius 2 is 0.500 bits per heavy atom. The van der Waals surface area contributed by atoms with E-state index in [4.69, 9.17) is 37.0 Å². The number of esters is 4. The first kappa shape index (κ1) is 104. The van der Waals surface area contributed by atoms with Crippen molar-refractivity contribution in [1.29, 1.82) is 0 Å². The predicted molar refractivity (Wildman–Crippen MR) is 454 cm³/mol. The van der Waals surface area contributed by atoms with E-state index in [0.29, 0.717) is 38.5 Å². The molecule has 0 amide bonds. The highest BCUT2D eigenvalue weighted by Crippen LogP contribution is 2.45. The number of phosphoric ester groups is 2. The lowest BCUT2D eigenvalue weighted by Crippen LogP contribution is -2.30. The Morgan fingerprint density at radius 1 is 0.264 bits per heavy atom. The molecule has 0 aliphatic carbocycles. The maximum Gasteiger partial charge on any atom is 0.472 e. The SMILES string of the molecule is CC/C=C\C/C=C\C/C=C\C/C=C\C/C=C\C/C=C\CCC(=O)OCC(COP(=O)(O)OCC(O)COP(=O)(O)OCC(COC(=O)CCC/C=C\C/C=C\C/C=C\C/C=C\C/C=C\CC)OC(=O)CCCCCCC/C=C\CCCCCCCC)OC(=O)CCCCCCCC/C=C\C/C=C\C/C=C\C/C=C\CC. The summed E-state index contributed by atoms with van der Waals surface area (Å²) in [6.07, 6.45) is 99.9. The number of allylic oxidation sites excluding steroid dienone is 32. The molecule has 0 aromatic carbocycles. The van der Waals surface area contributed by atoms with Crippen LogP contribution in [0, 0.1) is 0 Å². The Hall–Kier alpha value is -6.10. The number of rotatable bonds is 76. The third kappa shape index (κ3) is 80.0. The molecule has 0 aromatic rings. The van der Waals surface area contributed by atoms with Crippen LogP contribution in [0.2, 0.25) is 0 Å². The van der Waals surface area contributed by atoms with E-state index >= 15 is 0 Å². The molecule has 0 aliphatic rings. The van der Waals surface area contributed by atoms with Crippen molar-refractivity contribution in [3.8, 4) is 0 Å². The van der Waals surface area contributed by atoms with Gasteiger partial charge in [-0.15, -0.1) is 0 Å². The second kappa shape index (κ2) is 80.9. The molecule has 0 saturated heterocycles. The van der Waals surface area contributed by atoms with E-state index in [1.165, 1.54) is 38.5 Å². The van der Waals surface area contributed by atoms with E-state index in [1.54, 1.807) is 0 Å². The average Bonchev–Trinajstić information content (AvgIpc) is 0.900. The van der Waals surface area contributed by atoms with Gasteiger partial charge in [-0.2, -0.15) is 0 Å². The number of carbonyl (C=O) groups is 4. The maximum absolute atomic E-state index is 13.1. The predicted octanol–water partition coefficient (Wildman–Crippen LogP) is 24.9. The fourth-order valence-electron chi connectivity index (χ4n) is 10.3. The van der Waals surface area contributed by atoms with Crippen molar-refractivity contribution in [2.75, 3.05) is 39.6 Å². The van der Waals surface area contributed by atoms with E-state index in [9.17, 15) is 43.2 Å². The molecular formula is C91H146O17P2. The van der Waals surface area contributed by atoms with Crippen LogP contribution in [0.3, 0.4) is 0 Å². The number of aliphatic hydroxyl groups is 1. The summed E-state index contributed by atoms with van der Waals surface area (Å²) in [5.41, 5.74) is 0. The zero-order valence-corrected chi connectivity index (χ0v) is 69.9. The van der Waals surface area contributed by atoms with E-state index < -0.39 is 97.5 Å². The third-order valence-electron chi connectivity index (χ3n) is 16.5. The molecule has 0 radical (unpaired) electrons. The first-order valence-electron chi connectivity index (χ1n) is 41.7. The van der Waals surface area contributed by atoms with Crippen LogP contribution in [-0.2, 0) is 65.4 Å². The molecule has 5 atom stereocenters. The monoisotopic (exact) mass is 1570 g/mol. The van der Waals surface area contributed by atoms with Crippen LogP contribution in [-0.4, -0.2) is 96.7 Å². The lowest BCUT2D eigenvalue weighted by atomic mass is 10.1. The van der Waals surface area contributed by atoms with E-state index in [2.05, 4.69) is 192 Å². The molecule has 0 aromatic heterocycles. The van der Waals surface area contributed by atoms with Crippen LogP contribution in [0.4, 0.5) is 0 Å². The number of hydrogen-bond acceptors (Lipinski definition) is 15. The highest BCUT2D eigenvalue weighted by atomic mass is 31.2. The van der Waals surface area contributed by atoms with Crippen molar-refractivity contribution in [2.45, 2.75) is 316 Å².